The number of methoxy groups -OCH3 is 1. The number of nitrogens with zero attached hydrogens (tertiary/aromatic N) is 4. The van der Waals surface area contributed by atoms with Gasteiger partial charge in [0.1, 0.15) is 23.3 Å². The number of aliphatic imine (C=N–C) groups is 1. The van der Waals surface area contributed by atoms with Gasteiger partial charge in [0.25, 0.3) is 0 Å². The number of rotatable bonds is 15. The van der Waals surface area contributed by atoms with Gasteiger partial charge in [-0.15, -0.1) is 0 Å². The average Bonchev–Trinajstić information content (AvgIpc) is 2.84. The summed E-state index contributed by atoms with van der Waals surface area (Å²) < 4.78 is 16.1. The molecule has 2 heterocycles. The lowest BCUT2D eigenvalue weighted by atomic mass is 10.2. The largest absolute Gasteiger partial charge is 0.477 e. The Labute approximate surface area is 206 Å². The van der Waals surface area contributed by atoms with Crippen LogP contribution in [-0.2, 0) is 16.0 Å². The fraction of sp³-hybridized carbons (Fsp3) is 0.591. The Morgan fingerprint density at radius 1 is 1.26 bits per heavy atom. The van der Waals surface area contributed by atoms with Crippen LogP contribution in [0.1, 0.15) is 12.0 Å². The number of likely N-dealkylation sites (N-methyl/N-ethyl adjacent to an activating group) is 1. The summed E-state index contributed by atoms with van der Waals surface area (Å²) in [4.78, 5) is 12.7. The van der Waals surface area contributed by atoms with Crippen LogP contribution in [0.25, 0.3) is 0 Å². The highest BCUT2D eigenvalue weighted by Gasteiger charge is 2.13. The molecule has 0 spiro atoms. The van der Waals surface area contributed by atoms with E-state index >= 15 is 0 Å². The maximum absolute atomic E-state index is 7.81. The maximum atomic E-state index is 7.81. The zero-order valence-electron chi connectivity index (χ0n) is 20.1. The number of aromatic nitrogens is 1. The van der Waals surface area contributed by atoms with Gasteiger partial charge in [-0.05, 0) is 31.8 Å². The van der Waals surface area contributed by atoms with Crippen LogP contribution in [0.2, 0.25) is 5.02 Å². The summed E-state index contributed by atoms with van der Waals surface area (Å²) in [7, 11) is 3.75. The van der Waals surface area contributed by atoms with Crippen LogP contribution in [0, 0.1) is 5.41 Å². The van der Waals surface area contributed by atoms with Crippen LogP contribution in [0.3, 0.4) is 0 Å². The number of piperazine rings is 1. The summed E-state index contributed by atoms with van der Waals surface area (Å²) in [5.74, 6) is 0.667. The van der Waals surface area contributed by atoms with E-state index in [1.165, 1.54) is 0 Å². The molecule has 0 radical (unpaired) electrons. The molecule has 34 heavy (non-hydrogen) atoms. The van der Waals surface area contributed by atoms with E-state index in [9.17, 15) is 0 Å². The third kappa shape index (κ3) is 9.82. The van der Waals surface area contributed by atoms with Crippen LogP contribution < -0.4 is 21.1 Å². The number of hydrogen-bond donors (Lipinski definition) is 4. The fourth-order valence-corrected chi connectivity index (χ4v) is 3.42. The molecule has 1 aliphatic rings. The zero-order valence-corrected chi connectivity index (χ0v) is 20.9. The number of ether oxygens (including phenoxy) is 3. The fourth-order valence-electron chi connectivity index (χ4n) is 3.18. The number of nitrogens with one attached hydrogen (secondary N) is 3. The maximum Gasteiger partial charge on any atom is 0.232 e. The van der Waals surface area contributed by atoms with Gasteiger partial charge >= 0.3 is 0 Å². The molecule has 0 unspecified atom stereocenters. The number of pyridine rings is 1. The molecule has 0 aromatic carbocycles. The van der Waals surface area contributed by atoms with E-state index in [2.05, 4.69) is 44.2 Å². The first kappa shape index (κ1) is 27.8. The quantitative estimate of drug-likeness (QED) is 0.121. The van der Waals surface area contributed by atoms with Gasteiger partial charge in [0.15, 0.2) is 5.84 Å². The van der Waals surface area contributed by atoms with E-state index in [4.69, 9.17) is 37.0 Å². The molecule has 1 fully saturated rings. The van der Waals surface area contributed by atoms with Crippen molar-refractivity contribution in [2.24, 2.45) is 10.7 Å². The second-order valence-corrected chi connectivity index (χ2v) is 8.26. The van der Waals surface area contributed by atoms with Crippen molar-refractivity contribution in [3.8, 4) is 5.88 Å². The van der Waals surface area contributed by atoms with E-state index in [0.29, 0.717) is 43.1 Å². The standard InChI is InChI=1S/C22H37ClN8O3/c1-26-20(25)19(24)21(29-16-33-12-11-32-3)27-14-17-13-18(23)22(28-15-17)34-10-4-5-31-8-6-30(2)7-9-31/h13,15,25,27,29H,1,4-12,14,16,24H2,2-3H3/b21-19+,25-20?. The minimum Gasteiger partial charge on any atom is -0.477 e. The highest BCUT2D eigenvalue weighted by Crippen LogP contribution is 2.22. The van der Waals surface area contributed by atoms with Gasteiger partial charge in [0.2, 0.25) is 5.88 Å². The van der Waals surface area contributed by atoms with E-state index in [-0.39, 0.29) is 18.3 Å². The summed E-state index contributed by atoms with van der Waals surface area (Å²) in [6.45, 7) is 10.7. The van der Waals surface area contributed by atoms with Crippen LogP contribution in [0.5, 0.6) is 5.88 Å². The van der Waals surface area contributed by atoms with Gasteiger partial charge in [-0.2, -0.15) is 0 Å². The van der Waals surface area contributed by atoms with Crippen molar-refractivity contribution >= 4 is 24.2 Å². The van der Waals surface area contributed by atoms with Crippen molar-refractivity contribution in [3.63, 3.8) is 0 Å². The van der Waals surface area contributed by atoms with Crippen molar-refractivity contribution in [1.82, 2.24) is 25.4 Å². The molecule has 2 rings (SSSR count). The molecule has 12 heteroatoms. The Balaban J connectivity index is 1.83. The highest BCUT2D eigenvalue weighted by molar-refractivity contribution is 6.31. The lowest BCUT2D eigenvalue weighted by Gasteiger charge is -2.32. The van der Waals surface area contributed by atoms with Gasteiger partial charge in [-0.3, -0.25) is 5.41 Å². The SMILES string of the molecule is C=NC(=N)/C(N)=C(\NCOCCOC)NCc1cnc(OCCCN2CCN(C)CC2)c(Cl)c1. The van der Waals surface area contributed by atoms with Crippen molar-refractivity contribution < 1.29 is 14.2 Å². The predicted molar refractivity (Wildman–Crippen MR) is 134 cm³/mol. The molecule has 11 nitrogen and oxygen atoms in total. The molecule has 1 aromatic heterocycles. The van der Waals surface area contributed by atoms with Crippen molar-refractivity contribution in [1.29, 1.82) is 5.41 Å². The van der Waals surface area contributed by atoms with Gasteiger partial charge in [-0.1, -0.05) is 11.6 Å². The second-order valence-electron chi connectivity index (χ2n) is 7.85. The van der Waals surface area contributed by atoms with Crippen LogP contribution in [0.4, 0.5) is 0 Å². The second kappa shape index (κ2) is 15.5. The summed E-state index contributed by atoms with van der Waals surface area (Å²) >= 11 is 6.38. The predicted octanol–water partition coefficient (Wildman–Crippen LogP) is 0.857. The molecule has 190 valence electrons. The third-order valence-electron chi connectivity index (χ3n) is 5.25. The van der Waals surface area contributed by atoms with Crippen LogP contribution in [0.15, 0.2) is 28.8 Å². The first-order chi connectivity index (χ1) is 16.4. The lowest BCUT2D eigenvalue weighted by Crippen LogP contribution is -2.44. The van der Waals surface area contributed by atoms with Crippen LogP contribution in [-0.4, -0.2) is 101 Å². The summed E-state index contributed by atoms with van der Waals surface area (Å²) in [6, 6.07) is 1.79. The smallest absolute Gasteiger partial charge is 0.232 e. The normalized spacial score (nSPS) is 15.5. The molecule has 0 aliphatic carbocycles. The molecule has 0 bridgehead atoms. The molecule has 0 atom stereocenters. The Morgan fingerprint density at radius 3 is 2.71 bits per heavy atom. The van der Waals surface area contributed by atoms with E-state index in [1.54, 1.807) is 19.4 Å². The molecule has 1 aliphatic heterocycles. The first-order valence-electron chi connectivity index (χ1n) is 11.2. The lowest BCUT2D eigenvalue weighted by molar-refractivity contribution is 0.0636. The van der Waals surface area contributed by atoms with E-state index in [0.717, 1.165) is 44.7 Å². The molecule has 0 saturated carbocycles. The topological polar surface area (TPSA) is 133 Å². The molecule has 1 saturated heterocycles. The molecule has 0 amide bonds. The Hall–Kier alpha value is -2.44. The monoisotopic (exact) mass is 496 g/mol. The van der Waals surface area contributed by atoms with Crippen molar-refractivity contribution in [2.75, 3.05) is 73.4 Å². The number of amidine groups is 1. The summed E-state index contributed by atoms with van der Waals surface area (Å²) in [6.07, 6.45) is 2.61. The number of nitrogens with two attached hydrogens (primary N) is 1. The van der Waals surface area contributed by atoms with E-state index < -0.39 is 0 Å². The Bertz CT molecular complexity index is 815. The highest BCUT2D eigenvalue weighted by atomic mass is 35.5. The molecule has 5 N–H and O–H groups in total. The minimum absolute atomic E-state index is 0.115. The van der Waals surface area contributed by atoms with Crippen molar-refractivity contribution in [2.45, 2.75) is 13.0 Å². The van der Waals surface area contributed by atoms with Gasteiger partial charge < -0.3 is 40.4 Å². The average molecular weight is 497 g/mol. The first-order valence-corrected chi connectivity index (χ1v) is 11.6. The number of hydrogen-bond acceptors (Lipinski definition) is 10. The Kier molecular flexibility index (Phi) is 12.6. The molecule has 1 aromatic rings. The minimum atomic E-state index is -0.150. The van der Waals surface area contributed by atoms with Gasteiger partial charge in [0, 0.05) is 52.6 Å². The third-order valence-corrected chi connectivity index (χ3v) is 5.52. The molecular weight excluding hydrogens is 460 g/mol. The van der Waals surface area contributed by atoms with Crippen molar-refractivity contribution in [3.05, 3.63) is 34.4 Å². The van der Waals surface area contributed by atoms with Gasteiger partial charge in [0.05, 0.1) is 19.8 Å². The Morgan fingerprint density at radius 2 is 2.03 bits per heavy atom. The number of halogens is 1. The summed E-state index contributed by atoms with van der Waals surface area (Å²) in [5, 5.41) is 14.4. The van der Waals surface area contributed by atoms with Crippen LogP contribution >= 0.6 is 11.6 Å². The van der Waals surface area contributed by atoms with E-state index in [1.807, 2.05) is 0 Å². The summed E-state index contributed by atoms with van der Waals surface area (Å²) in [5.41, 5.74) is 6.94. The zero-order chi connectivity index (χ0) is 24.8. The van der Waals surface area contributed by atoms with Gasteiger partial charge in [-0.25, -0.2) is 9.98 Å². The molecular formula is C22H37ClN8O3.